The van der Waals surface area contributed by atoms with Gasteiger partial charge in [0.15, 0.2) is 12.4 Å². The largest absolute Gasteiger partial charge is 0.483 e. The van der Waals surface area contributed by atoms with Gasteiger partial charge < -0.3 is 10.1 Å². The number of fused-ring (bicyclic) bond motifs is 1. The first kappa shape index (κ1) is 14.6. The van der Waals surface area contributed by atoms with E-state index in [-0.39, 0.29) is 18.3 Å². The van der Waals surface area contributed by atoms with E-state index in [0.717, 1.165) is 36.8 Å². The summed E-state index contributed by atoms with van der Waals surface area (Å²) in [5.41, 5.74) is 1.70. The van der Waals surface area contributed by atoms with Gasteiger partial charge in [-0.3, -0.25) is 9.59 Å². The van der Waals surface area contributed by atoms with E-state index in [1.165, 1.54) is 0 Å². The lowest BCUT2D eigenvalue weighted by Crippen LogP contribution is -2.29. The first-order valence-corrected chi connectivity index (χ1v) is 7.27. The number of benzene rings is 1. The molecule has 0 radical (unpaired) electrons. The molecule has 1 amide bonds. The number of hydrogen-bond donors (Lipinski definition) is 1. The molecule has 108 valence electrons. The van der Waals surface area contributed by atoms with E-state index in [4.69, 9.17) is 4.74 Å². The monoisotopic (exact) mass is 275 g/mol. The van der Waals surface area contributed by atoms with Gasteiger partial charge in [0.1, 0.15) is 5.75 Å². The van der Waals surface area contributed by atoms with Gasteiger partial charge in [-0.15, -0.1) is 0 Å². The van der Waals surface area contributed by atoms with Gasteiger partial charge in [0, 0.05) is 24.1 Å². The molecule has 0 fully saturated rings. The van der Waals surface area contributed by atoms with Crippen molar-refractivity contribution in [3.8, 4) is 5.75 Å². The number of rotatable bonds is 6. The first-order valence-electron chi connectivity index (χ1n) is 7.27. The van der Waals surface area contributed by atoms with Gasteiger partial charge in [0.25, 0.3) is 5.91 Å². The minimum Gasteiger partial charge on any atom is -0.483 e. The van der Waals surface area contributed by atoms with Crippen LogP contribution in [0.25, 0.3) is 0 Å². The summed E-state index contributed by atoms with van der Waals surface area (Å²) in [4.78, 5) is 23.4. The smallest absolute Gasteiger partial charge is 0.257 e. The second-order valence-electron chi connectivity index (χ2n) is 5.05. The van der Waals surface area contributed by atoms with Gasteiger partial charge in [-0.05, 0) is 25.3 Å². The number of ketones is 1. The summed E-state index contributed by atoms with van der Waals surface area (Å²) >= 11 is 0. The van der Waals surface area contributed by atoms with Crippen LogP contribution in [0.15, 0.2) is 18.2 Å². The Labute approximate surface area is 119 Å². The third kappa shape index (κ3) is 3.59. The zero-order valence-corrected chi connectivity index (χ0v) is 11.9. The summed E-state index contributed by atoms with van der Waals surface area (Å²) in [5.74, 6) is 0.725. The molecule has 0 aliphatic heterocycles. The number of Topliss-reactive ketones (excluding diaryl/α,β-unsaturated/α-hetero) is 1. The molecule has 0 heterocycles. The average molecular weight is 275 g/mol. The lowest BCUT2D eigenvalue weighted by molar-refractivity contribution is -0.123. The zero-order valence-electron chi connectivity index (χ0n) is 11.9. The van der Waals surface area contributed by atoms with Crippen LogP contribution in [0.2, 0.25) is 0 Å². The Morgan fingerprint density at radius 2 is 2.20 bits per heavy atom. The van der Waals surface area contributed by atoms with Crippen LogP contribution in [0.1, 0.15) is 48.5 Å². The highest BCUT2D eigenvalue weighted by Gasteiger charge is 2.20. The van der Waals surface area contributed by atoms with Crippen LogP contribution in [-0.4, -0.2) is 24.8 Å². The molecule has 0 atom stereocenters. The fourth-order valence-electron chi connectivity index (χ4n) is 2.38. The van der Waals surface area contributed by atoms with Crippen molar-refractivity contribution in [3.63, 3.8) is 0 Å². The van der Waals surface area contributed by atoms with E-state index in [0.29, 0.717) is 18.7 Å². The van der Waals surface area contributed by atoms with Crippen LogP contribution in [-0.2, 0) is 11.2 Å². The van der Waals surface area contributed by atoms with Crippen molar-refractivity contribution in [2.45, 2.75) is 39.0 Å². The van der Waals surface area contributed by atoms with Crippen LogP contribution >= 0.6 is 0 Å². The first-order chi connectivity index (χ1) is 9.72. The predicted octanol–water partition coefficient (Wildman–Crippen LogP) is 2.50. The molecule has 0 bridgehead atoms. The van der Waals surface area contributed by atoms with Gasteiger partial charge in [-0.1, -0.05) is 25.5 Å². The summed E-state index contributed by atoms with van der Waals surface area (Å²) in [5, 5.41) is 2.81. The minimum absolute atomic E-state index is 0.00829. The van der Waals surface area contributed by atoms with Gasteiger partial charge in [-0.2, -0.15) is 0 Å². The Morgan fingerprint density at radius 3 is 3.00 bits per heavy atom. The maximum Gasteiger partial charge on any atom is 0.257 e. The van der Waals surface area contributed by atoms with Crippen LogP contribution in [0.4, 0.5) is 0 Å². The highest BCUT2D eigenvalue weighted by molar-refractivity contribution is 5.99. The summed E-state index contributed by atoms with van der Waals surface area (Å²) < 4.78 is 5.58. The molecule has 2 rings (SSSR count). The Morgan fingerprint density at radius 1 is 1.35 bits per heavy atom. The summed E-state index contributed by atoms with van der Waals surface area (Å²) in [7, 11) is 0. The average Bonchev–Trinajstić information content (AvgIpc) is 2.46. The molecule has 1 aromatic rings. The van der Waals surface area contributed by atoms with E-state index in [1.54, 1.807) is 0 Å². The second-order valence-corrected chi connectivity index (χ2v) is 5.05. The van der Waals surface area contributed by atoms with Gasteiger partial charge in [0.2, 0.25) is 0 Å². The van der Waals surface area contributed by atoms with Crippen LogP contribution in [0.3, 0.4) is 0 Å². The molecular weight excluding hydrogens is 254 g/mol. The fraction of sp³-hybridized carbons (Fsp3) is 0.500. The summed E-state index contributed by atoms with van der Waals surface area (Å²) in [6, 6.07) is 5.48. The Bertz CT molecular complexity index is 496. The van der Waals surface area contributed by atoms with Crippen molar-refractivity contribution in [3.05, 3.63) is 29.3 Å². The molecule has 1 aliphatic rings. The quantitative estimate of drug-likeness (QED) is 0.812. The van der Waals surface area contributed by atoms with E-state index < -0.39 is 0 Å². The van der Waals surface area contributed by atoms with Crippen LogP contribution in [0, 0.1) is 0 Å². The molecule has 20 heavy (non-hydrogen) atoms. The number of ether oxygens (including phenoxy) is 1. The lowest BCUT2D eigenvalue weighted by atomic mass is 9.90. The highest BCUT2D eigenvalue weighted by atomic mass is 16.5. The van der Waals surface area contributed by atoms with Crippen LogP contribution < -0.4 is 10.1 Å². The Kier molecular flexibility index (Phi) is 5.16. The second kappa shape index (κ2) is 7.08. The number of nitrogens with one attached hydrogen (secondary N) is 1. The van der Waals surface area contributed by atoms with Crippen molar-refractivity contribution in [2.24, 2.45) is 0 Å². The number of hydrogen-bond acceptors (Lipinski definition) is 3. The SMILES string of the molecule is CCCCNC(=O)COc1cccc2c1CCCC2=O. The predicted molar refractivity (Wildman–Crippen MR) is 77.1 cm³/mol. The molecule has 1 N–H and O–H groups in total. The zero-order chi connectivity index (χ0) is 14.4. The molecule has 4 nitrogen and oxygen atoms in total. The molecule has 1 aromatic carbocycles. The standard InChI is InChI=1S/C16H21NO3/c1-2-3-10-17-16(19)11-20-15-9-5-6-12-13(15)7-4-8-14(12)18/h5-6,9H,2-4,7-8,10-11H2,1H3,(H,17,19). The molecule has 0 saturated heterocycles. The molecular formula is C16H21NO3. The van der Waals surface area contributed by atoms with Crippen molar-refractivity contribution < 1.29 is 14.3 Å². The highest BCUT2D eigenvalue weighted by Crippen LogP contribution is 2.29. The molecule has 0 aromatic heterocycles. The normalized spacial score (nSPS) is 13.8. The number of unbranched alkanes of at least 4 members (excludes halogenated alkanes) is 1. The maximum atomic E-state index is 11.8. The van der Waals surface area contributed by atoms with Crippen molar-refractivity contribution in [2.75, 3.05) is 13.2 Å². The summed E-state index contributed by atoms with van der Waals surface area (Å²) in [6.45, 7) is 2.77. The molecule has 0 spiro atoms. The van der Waals surface area contributed by atoms with Gasteiger partial charge in [-0.25, -0.2) is 0 Å². The van der Waals surface area contributed by atoms with E-state index in [9.17, 15) is 9.59 Å². The topological polar surface area (TPSA) is 55.4 Å². The third-order valence-electron chi connectivity index (χ3n) is 3.48. The summed E-state index contributed by atoms with van der Waals surface area (Å²) in [6.07, 6.45) is 4.33. The molecule has 1 aliphatic carbocycles. The molecule has 0 unspecified atom stereocenters. The van der Waals surface area contributed by atoms with Gasteiger partial charge in [0.05, 0.1) is 0 Å². The number of carbonyl (C=O) groups excluding carboxylic acids is 2. The third-order valence-corrected chi connectivity index (χ3v) is 3.48. The van der Waals surface area contributed by atoms with E-state index in [2.05, 4.69) is 12.2 Å². The van der Waals surface area contributed by atoms with E-state index >= 15 is 0 Å². The fourth-order valence-corrected chi connectivity index (χ4v) is 2.38. The molecule has 4 heteroatoms. The lowest BCUT2D eigenvalue weighted by Gasteiger charge is -2.18. The van der Waals surface area contributed by atoms with Crippen LogP contribution in [0.5, 0.6) is 5.75 Å². The van der Waals surface area contributed by atoms with Crippen molar-refractivity contribution >= 4 is 11.7 Å². The van der Waals surface area contributed by atoms with Crippen molar-refractivity contribution in [1.29, 1.82) is 0 Å². The maximum absolute atomic E-state index is 11.8. The Balaban J connectivity index is 1.95. The van der Waals surface area contributed by atoms with Crippen molar-refractivity contribution in [1.82, 2.24) is 5.32 Å². The van der Waals surface area contributed by atoms with E-state index in [1.807, 2.05) is 18.2 Å². The number of amides is 1. The van der Waals surface area contributed by atoms with Gasteiger partial charge >= 0.3 is 0 Å². The number of carbonyl (C=O) groups is 2. The molecule has 0 saturated carbocycles. The minimum atomic E-state index is -0.113. The Hall–Kier alpha value is -1.84.